The lowest BCUT2D eigenvalue weighted by atomic mass is 10.1. The number of halogens is 3. The fourth-order valence-electron chi connectivity index (χ4n) is 3.25. The molecule has 0 radical (unpaired) electrons. The first-order valence-corrected chi connectivity index (χ1v) is 11.9. The minimum atomic E-state index is -0.422. The zero-order valence-electron chi connectivity index (χ0n) is 17.9. The predicted octanol–water partition coefficient (Wildman–Crippen LogP) is 7.15. The minimum absolute atomic E-state index is 0.153. The Hall–Kier alpha value is -3.00. The summed E-state index contributed by atoms with van der Waals surface area (Å²) in [6.07, 6.45) is 4.28. The van der Waals surface area contributed by atoms with Gasteiger partial charge in [0.05, 0.1) is 11.0 Å². The van der Waals surface area contributed by atoms with Crippen molar-refractivity contribution in [2.75, 3.05) is 5.32 Å². The molecule has 1 amide bonds. The van der Waals surface area contributed by atoms with Gasteiger partial charge in [0.2, 0.25) is 0 Å². The number of anilines is 1. The van der Waals surface area contributed by atoms with Crippen molar-refractivity contribution in [1.82, 2.24) is 9.78 Å². The number of nitrogens with one attached hydrogen (secondary N) is 1. The summed E-state index contributed by atoms with van der Waals surface area (Å²) in [4.78, 5) is 12.7. The number of rotatable bonds is 9. The van der Waals surface area contributed by atoms with Crippen LogP contribution in [0.5, 0.6) is 5.75 Å². The summed E-state index contributed by atoms with van der Waals surface area (Å²) in [5.74, 6) is 1.37. The van der Waals surface area contributed by atoms with Crippen LogP contribution in [0.2, 0.25) is 10.0 Å². The zero-order chi connectivity index (χ0) is 24.1. The first-order valence-electron chi connectivity index (χ1n) is 10.3. The van der Waals surface area contributed by atoms with Crippen molar-refractivity contribution in [1.29, 1.82) is 0 Å². The van der Waals surface area contributed by atoms with Crippen molar-refractivity contribution in [2.45, 2.75) is 19.6 Å². The van der Waals surface area contributed by atoms with E-state index in [0.29, 0.717) is 39.1 Å². The van der Waals surface area contributed by atoms with Crippen molar-refractivity contribution in [3.05, 3.63) is 111 Å². The Morgan fingerprint density at radius 1 is 1.18 bits per heavy atom. The highest BCUT2D eigenvalue weighted by molar-refractivity contribution is 9.10. The highest BCUT2D eigenvalue weighted by Gasteiger charge is 2.16. The number of para-hydroxylation sites is 1. The van der Waals surface area contributed by atoms with Crippen LogP contribution in [0.4, 0.5) is 5.82 Å². The van der Waals surface area contributed by atoms with Crippen LogP contribution in [0.25, 0.3) is 0 Å². The molecule has 6 nitrogen and oxygen atoms in total. The van der Waals surface area contributed by atoms with Crippen molar-refractivity contribution < 1.29 is 13.9 Å². The number of nitrogens with zero attached hydrogens (tertiary/aromatic N) is 2. The molecule has 2 aromatic carbocycles. The molecule has 0 spiro atoms. The lowest BCUT2D eigenvalue weighted by molar-refractivity contribution is 0.0992. The summed E-state index contributed by atoms with van der Waals surface area (Å²) in [6, 6.07) is 16.3. The predicted molar refractivity (Wildman–Crippen MR) is 137 cm³/mol. The zero-order valence-corrected chi connectivity index (χ0v) is 21.0. The van der Waals surface area contributed by atoms with E-state index in [1.807, 2.05) is 36.4 Å². The highest BCUT2D eigenvalue weighted by Crippen LogP contribution is 2.25. The number of furan rings is 1. The fourth-order valence-corrected chi connectivity index (χ4v) is 4.13. The summed E-state index contributed by atoms with van der Waals surface area (Å²) in [6.45, 7) is 4.38. The number of benzene rings is 2. The van der Waals surface area contributed by atoms with Gasteiger partial charge in [-0.1, -0.05) is 53.5 Å². The van der Waals surface area contributed by atoms with Crippen LogP contribution in [0.3, 0.4) is 0 Å². The summed E-state index contributed by atoms with van der Waals surface area (Å²) in [5.41, 5.74) is 1.88. The van der Waals surface area contributed by atoms with E-state index in [4.69, 9.17) is 32.4 Å². The van der Waals surface area contributed by atoms with E-state index in [9.17, 15) is 4.79 Å². The van der Waals surface area contributed by atoms with Gasteiger partial charge in [0.25, 0.3) is 5.91 Å². The molecule has 0 saturated carbocycles. The molecule has 0 unspecified atom stereocenters. The summed E-state index contributed by atoms with van der Waals surface area (Å²) in [7, 11) is 0. The van der Waals surface area contributed by atoms with E-state index >= 15 is 0 Å². The number of carbonyl (C=O) groups is 1. The Kier molecular flexibility index (Phi) is 7.77. The number of allylic oxidation sites excluding steroid dienone is 1. The van der Waals surface area contributed by atoms with Crippen LogP contribution in [-0.2, 0) is 19.6 Å². The normalized spacial score (nSPS) is 10.8. The molecule has 2 aromatic heterocycles. The topological polar surface area (TPSA) is 69.3 Å². The van der Waals surface area contributed by atoms with Gasteiger partial charge in [0.1, 0.15) is 18.1 Å². The second kappa shape index (κ2) is 11.0. The molecule has 2 heterocycles. The minimum Gasteiger partial charge on any atom is -0.485 e. The quantitative estimate of drug-likeness (QED) is 0.221. The van der Waals surface area contributed by atoms with Crippen molar-refractivity contribution in [3.8, 4) is 5.75 Å². The van der Waals surface area contributed by atoms with E-state index in [-0.39, 0.29) is 12.4 Å². The molecule has 0 atom stereocenters. The SMILES string of the molecule is C=CCc1ccccc1OCc1ccc(C(=O)Nc2nn(Cc3ccc(Cl)cc3Cl)cc2Br)o1. The number of ether oxygens (including phenoxy) is 1. The van der Waals surface area contributed by atoms with E-state index in [1.165, 1.54) is 0 Å². The van der Waals surface area contributed by atoms with Crippen LogP contribution >= 0.6 is 39.1 Å². The largest absolute Gasteiger partial charge is 0.485 e. The van der Waals surface area contributed by atoms with Crippen LogP contribution in [-0.4, -0.2) is 15.7 Å². The summed E-state index contributed by atoms with van der Waals surface area (Å²) < 4.78 is 13.8. The maximum atomic E-state index is 12.7. The monoisotopic (exact) mass is 559 g/mol. The summed E-state index contributed by atoms with van der Waals surface area (Å²) in [5, 5.41) is 8.27. The Bertz CT molecular complexity index is 1330. The van der Waals surface area contributed by atoms with Crippen LogP contribution in [0.15, 0.2) is 82.3 Å². The number of carbonyl (C=O) groups excluding carboxylic acids is 1. The molecule has 1 N–H and O–H groups in total. The molecule has 0 saturated heterocycles. The second-order valence-electron chi connectivity index (χ2n) is 7.37. The number of hydrogen-bond donors (Lipinski definition) is 1. The molecule has 4 rings (SSSR count). The smallest absolute Gasteiger partial charge is 0.292 e. The van der Waals surface area contributed by atoms with Gasteiger partial charge in [0, 0.05) is 16.2 Å². The van der Waals surface area contributed by atoms with E-state index in [0.717, 1.165) is 16.9 Å². The summed E-state index contributed by atoms with van der Waals surface area (Å²) >= 11 is 15.6. The molecule has 0 fully saturated rings. The first kappa shape index (κ1) is 24.1. The average molecular weight is 561 g/mol. The van der Waals surface area contributed by atoms with Crippen molar-refractivity contribution >= 4 is 50.9 Å². The van der Waals surface area contributed by atoms with E-state index < -0.39 is 5.91 Å². The molecular formula is C25H20BrCl2N3O3. The van der Waals surface area contributed by atoms with E-state index in [2.05, 4.69) is 32.9 Å². The molecule has 0 aliphatic carbocycles. The third-order valence-electron chi connectivity index (χ3n) is 4.89. The Labute approximate surface area is 215 Å². The van der Waals surface area contributed by atoms with Gasteiger partial charge in [-0.25, -0.2) is 0 Å². The standard InChI is InChI=1S/C25H20BrCl2N3O3/c1-2-5-16-6-3-4-7-22(16)33-15-19-10-11-23(34-19)25(32)29-24-20(26)14-31(30-24)13-17-8-9-18(27)12-21(17)28/h2-4,6-12,14H,1,5,13,15H2,(H,29,30,32). The number of hydrogen-bond acceptors (Lipinski definition) is 4. The van der Waals surface area contributed by atoms with Crippen LogP contribution in [0.1, 0.15) is 27.4 Å². The third-order valence-corrected chi connectivity index (χ3v) is 6.06. The van der Waals surface area contributed by atoms with Crippen LogP contribution in [0, 0.1) is 0 Å². The molecule has 4 aromatic rings. The number of aromatic nitrogens is 2. The molecular weight excluding hydrogens is 541 g/mol. The fraction of sp³-hybridized carbons (Fsp3) is 0.120. The lowest BCUT2D eigenvalue weighted by Crippen LogP contribution is -2.12. The first-order chi connectivity index (χ1) is 16.4. The van der Waals surface area contributed by atoms with Gasteiger partial charge in [-0.3, -0.25) is 9.48 Å². The maximum absolute atomic E-state index is 12.7. The Morgan fingerprint density at radius 2 is 2.00 bits per heavy atom. The van der Waals surface area contributed by atoms with E-state index in [1.54, 1.807) is 35.1 Å². The van der Waals surface area contributed by atoms with Crippen molar-refractivity contribution in [2.24, 2.45) is 0 Å². The van der Waals surface area contributed by atoms with Gasteiger partial charge >= 0.3 is 0 Å². The molecule has 0 aliphatic heterocycles. The Balaban J connectivity index is 1.39. The molecule has 174 valence electrons. The van der Waals surface area contributed by atoms with Gasteiger partial charge in [-0.15, -0.1) is 6.58 Å². The second-order valence-corrected chi connectivity index (χ2v) is 9.07. The van der Waals surface area contributed by atoms with Gasteiger partial charge in [0.15, 0.2) is 11.6 Å². The highest BCUT2D eigenvalue weighted by atomic mass is 79.9. The third kappa shape index (κ3) is 5.91. The maximum Gasteiger partial charge on any atom is 0.292 e. The number of amides is 1. The van der Waals surface area contributed by atoms with Crippen molar-refractivity contribution in [3.63, 3.8) is 0 Å². The van der Waals surface area contributed by atoms with Gasteiger partial charge < -0.3 is 14.5 Å². The molecule has 9 heteroatoms. The molecule has 34 heavy (non-hydrogen) atoms. The van der Waals surface area contributed by atoms with Gasteiger partial charge in [-0.2, -0.15) is 5.10 Å². The van der Waals surface area contributed by atoms with Gasteiger partial charge in [-0.05, 0) is 63.8 Å². The molecule has 0 bridgehead atoms. The average Bonchev–Trinajstić information content (AvgIpc) is 3.42. The molecule has 0 aliphatic rings. The van der Waals surface area contributed by atoms with Crippen LogP contribution < -0.4 is 10.1 Å². The lowest BCUT2D eigenvalue weighted by Gasteiger charge is -2.08. The Morgan fingerprint density at radius 3 is 2.79 bits per heavy atom.